The van der Waals surface area contributed by atoms with E-state index in [4.69, 9.17) is 14.2 Å². The SMILES string of the molecule is CC(CO)COC(=O)C1CC2OC1C(C1C3CC(C(=O)OC(C)(C)C)C(C3)C1C)C2C. The first-order valence-corrected chi connectivity index (χ1v) is 12.2. The molecule has 2 heterocycles. The Morgan fingerprint density at radius 2 is 1.74 bits per heavy atom. The zero-order chi connectivity index (χ0) is 22.7. The van der Waals surface area contributed by atoms with Crippen molar-refractivity contribution in [3.63, 3.8) is 0 Å². The molecule has 0 aromatic rings. The van der Waals surface area contributed by atoms with Crippen molar-refractivity contribution >= 4 is 11.9 Å². The Morgan fingerprint density at radius 1 is 1.03 bits per heavy atom. The van der Waals surface area contributed by atoms with Crippen LogP contribution in [0.3, 0.4) is 0 Å². The Labute approximate surface area is 186 Å². The maximum Gasteiger partial charge on any atom is 0.311 e. The van der Waals surface area contributed by atoms with Crippen LogP contribution in [0.25, 0.3) is 0 Å². The van der Waals surface area contributed by atoms with Crippen LogP contribution >= 0.6 is 0 Å². The highest BCUT2D eigenvalue weighted by Crippen LogP contribution is 2.63. The van der Waals surface area contributed by atoms with Crippen molar-refractivity contribution in [2.75, 3.05) is 13.2 Å². The number of aliphatic hydroxyl groups is 1. The lowest BCUT2D eigenvalue weighted by Crippen LogP contribution is -2.45. The molecule has 2 aliphatic heterocycles. The van der Waals surface area contributed by atoms with E-state index in [1.54, 1.807) is 0 Å². The van der Waals surface area contributed by atoms with Crippen LogP contribution < -0.4 is 0 Å². The van der Waals surface area contributed by atoms with E-state index < -0.39 is 5.60 Å². The van der Waals surface area contributed by atoms with E-state index in [1.165, 1.54) is 0 Å². The number of carbonyl (C=O) groups is 2. The zero-order valence-corrected chi connectivity index (χ0v) is 19.9. The topological polar surface area (TPSA) is 82.1 Å². The molecule has 2 aliphatic carbocycles. The minimum Gasteiger partial charge on any atom is -0.465 e. The molecular weight excluding hydrogens is 396 g/mol. The molecule has 4 fully saturated rings. The molecule has 0 aromatic heterocycles. The summed E-state index contributed by atoms with van der Waals surface area (Å²) < 4.78 is 17.6. The minimum atomic E-state index is -0.449. The third kappa shape index (κ3) is 4.15. The Morgan fingerprint density at radius 3 is 2.32 bits per heavy atom. The molecular formula is C25H40O6. The Hall–Kier alpha value is -1.14. The molecule has 2 saturated carbocycles. The molecule has 4 aliphatic rings. The van der Waals surface area contributed by atoms with Crippen LogP contribution in [0.4, 0.5) is 0 Å². The van der Waals surface area contributed by atoms with Crippen LogP contribution in [0.2, 0.25) is 0 Å². The first kappa shape index (κ1) is 23.0. The van der Waals surface area contributed by atoms with E-state index >= 15 is 0 Å². The summed E-state index contributed by atoms with van der Waals surface area (Å²) in [5.41, 5.74) is -0.449. The summed E-state index contributed by atoms with van der Waals surface area (Å²) in [5.74, 6) is 2.09. The lowest BCUT2D eigenvalue weighted by Gasteiger charge is -2.42. The molecule has 0 amide bonds. The second-order valence-corrected chi connectivity index (χ2v) is 11.8. The maximum atomic E-state index is 12.8. The summed E-state index contributed by atoms with van der Waals surface area (Å²) in [5, 5.41) is 9.20. The molecule has 11 atom stereocenters. The largest absolute Gasteiger partial charge is 0.465 e. The summed E-state index contributed by atoms with van der Waals surface area (Å²) >= 11 is 0. The van der Waals surface area contributed by atoms with Gasteiger partial charge in [0.05, 0.1) is 30.7 Å². The molecule has 6 heteroatoms. The average Bonchev–Trinajstić information content (AvgIpc) is 3.43. The first-order valence-electron chi connectivity index (χ1n) is 12.2. The van der Waals surface area contributed by atoms with Crippen molar-refractivity contribution < 1.29 is 28.9 Å². The van der Waals surface area contributed by atoms with Gasteiger partial charge in [-0.2, -0.15) is 0 Å². The van der Waals surface area contributed by atoms with E-state index in [1.807, 2.05) is 27.7 Å². The van der Waals surface area contributed by atoms with Crippen LogP contribution in [0.15, 0.2) is 0 Å². The van der Waals surface area contributed by atoms with Crippen LogP contribution in [0, 0.1) is 53.3 Å². The fourth-order valence-electron chi connectivity index (χ4n) is 7.20. The fourth-order valence-corrected chi connectivity index (χ4v) is 7.20. The molecule has 4 rings (SSSR count). The van der Waals surface area contributed by atoms with Gasteiger partial charge in [0.2, 0.25) is 0 Å². The molecule has 0 spiro atoms. The number of carbonyl (C=O) groups excluding carboxylic acids is 2. The average molecular weight is 437 g/mol. The second-order valence-electron chi connectivity index (χ2n) is 11.8. The van der Waals surface area contributed by atoms with Crippen molar-refractivity contribution in [3.05, 3.63) is 0 Å². The van der Waals surface area contributed by atoms with E-state index in [0.717, 1.165) is 19.3 Å². The number of hydrogen-bond donors (Lipinski definition) is 1. The Balaban J connectivity index is 1.43. The Bertz CT molecular complexity index is 697. The van der Waals surface area contributed by atoms with Gasteiger partial charge in [-0.25, -0.2) is 0 Å². The number of esters is 2. The Kier molecular flexibility index (Phi) is 6.19. The number of aliphatic hydroxyl groups excluding tert-OH is 1. The second kappa shape index (κ2) is 8.33. The van der Waals surface area contributed by atoms with Gasteiger partial charge >= 0.3 is 11.9 Å². The van der Waals surface area contributed by atoms with Gasteiger partial charge in [-0.1, -0.05) is 20.8 Å². The van der Waals surface area contributed by atoms with Crippen molar-refractivity contribution in [2.24, 2.45) is 53.3 Å². The standard InChI is InChI=1S/C25H40O6/c1-12(10-26)11-29-23(27)18-9-19-14(3)21(22(18)30-19)20-13(2)16-7-15(20)8-17(16)24(28)31-25(4,5)6/h12-22,26H,7-11H2,1-6H3. The summed E-state index contributed by atoms with van der Waals surface area (Å²) in [4.78, 5) is 25.6. The summed E-state index contributed by atoms with van der Waals surface area (Å²) in [6.45, 7) is 12.5. The van der Waals surface area contributed by atoms with Crippen LogP contribution in [-0.2, 0) is 23.8 Å². The van der Waals surface area contributed by atoms with Gasteiger partial charge in [0.15, 0.2) is 0 Å². The van der Waals surface area contributed by atoms with Crippen molar-refractivity contribution in [3.8, 4) is 0 Å². The number of fused-ring (bicyclic) bond motifs is 4. The minimum absolute atomic E-state index is 0.00558. The molecule has 6 nitrogen and oxygen atoms in total. The van der Waals surface area contributed by atoms with Crippen LogP contribution in [0.5, 0.6) is 0 Å². The normalized spacial score (nSPS) is 44.5. The van der Waals surface area contributed by atoms with Gasteiger partial charge in [-0.05, 0) is 75.5 Å². The summed E-state index contributed by atoms with van der Waals surface area (Å²) in [6, 6.07) is 0. The molecule has 0 radical (unpaired) electrons. The maximum absolute atomic E-state index is 12.8. The van der Waals surface area contributed by atoms with Gasteiger partial charge < -0.3 is 19.3 Å². The van der Waals surface area contributed by atoms with Crippen molar-refractivity contribution in [1.82, 2.24) is 0 Å². The van der Waals surface area contributed by atoms with Crippen molar-refractivity contribution in [2.45, 2.75) is 78.6 Å². The predicted molar refractivity (Wildman–Crippen MR) is 115 cm³/mol. The molecule has 4 bridgehead atoms. The van der Waals surface area contributed by atoms with Crippen LogP contribution in [0.1, 0.15) is 60.8 Å². The number of rotatable bonds is 6. The van der Waals surface area contributed by atoms with Gasteiger partial charge in [0.25, 0.3) is 0 Å². The zero-order valence-electron chi connectivity index (χ0n) is 19.9. The smallest absolute Gasteiger partial charge is 0.311 e. The molecule has 176 valence electrons. The van der Waals surface area contributed by atoms with Gasteiger partial charge in [0, 0.05) is 12.5 Å². The van der Waals surface area contributed by atoms with Crippen LogP contribution in [-0.4, -0.2) is 48.1 Å². The van der Waals surface area contributed by atoms with E-state index in [-0.39, 0.29) is 55.1 Å². The highest BCUT2D eigenvalue weighted by Gasteiger charge is 2.63. The predicted octanol–water partition coefficient (Wildman–Crippen LogP) is 3.45. The highest BCUT2D eigenvalue weighted by atomic mass is 16.6. The summed E-state index contributed by atoms with van der Waals surface area (Å²) in [6.07, 6.45) is 2.77. The van der Waals surface area contributed by atoms with Gasteiger partial charge in [-0.3, -0.25) is 9.59 Å². The first-order chi connectivity index (χ1) is 14.5. The highest BCUT2D eigenvalue weighted by molar-refractivity contribution is 5.74. The summed E-state index contributed by atoms with van der Waals surface area (Å²) in [7, 11) is 0. The number of hydrogen-bond acceptors (Lipinski definition) is 6. The molecule has 11 unspecified atom stereocenters. The van der Waals surface area contributed by atoms with Crippen molar-refractivity contribution in [1.29, 1.82) is 0 Å². The molecule has 1 N–H and O–H groups in total. The third-order valence-electron chi connectivity index (χ3n) is 8.54. The third-order valence-corrected chi connectivity index (χ3v) is 8.54. The molecule has 0 aromatic carbocycles. The van der Waals surface area contributed by atoms with E-state index in [9.17, 15) is 14.7 Å². The fraction of sp³-hybridized carbons (Fsp3) is 0.920. The quantitative estimate of drug-likeness (QED) is 0.642. The number of ether oxygens (including phenoxy) is 3. The monoisotopic (exact) mass is 436 g/mol. The van der Waals surface area contributed by atoms with E-state index in [2.05, 4.69) is 13.8 Å². The van der Waals surface area contributed by atoms with Gasteiger partial charge in [-0.15, -0.1) is 0 Å². The molecule has 31 heavy (non-hydrogen) atoms. The van der Waals surface area contributed by atoms with E-state index in [0.29, 0.717) is 35.5 Å². The lowest BCUT2D eigenvalue weighted by molar-refractivity contribution is -0.163. The lowest BCUT2D eigenvalue weighted by atomic mass is 9.61. The van der Waals surface area contributed by atoms with Gasteiger partial charge in [0.1, 0.15) is 5.60 Å². The molecule has 2 saturated heterocycles.